The van der Waals surface area contributed by atoms with E-state index in [-0.39, 0.29) is 24.3 Å². The molecular formula is C15H18BrClFN3. The van der Waals surface area contributed by atoms with Crippen molar-refractivity contribution in [3.05, 3.63) is 44.9 Å². The molecule has 0 fully saturated rings. The normalized spacial score (nSPS) is 17.3. The fourth-order valence-electron chi connectivity index (χ4n) is 2.79. The van der Waals surface area contributed by atoms with Crippen LogP contribution in [0.15, 0.2) is 16.7 Å². The number of hydrogen-bond donors (Lipinski definition) is 1. The lowest BCUT2D eigenvalue weighted by atomic mass is 10.0. The Morgan fingerprint density at radius 3 is 2.52 bits per heavy atom. The Labute approximate surface area is 138 Å². The van der Waals surface area contributed by atoms with Crippen molar-refractivity contribution in [3.8, 4) is 5.69 Å². The van der Waals surface area contributed by atoms with E-state index in [1.807, 2.05) is 16.8 Å². The van der Waals surface area contributed by atoms with Gasteiger partial charge in [0.1, 0.15) is 10.4 Å². The topological polar surface area (TPSA) is 29.9 Å². The second kappa shape index (κ2) is 6.07. The molecule has 0 amide bonds. The lowest BCUT2D eigenvalue weighted by molar-refractivity contribution is 0.536. The van der Waals surface area contributed by atoms with Gasteiger partial charge < -0.3 is 5.32 Å². The molecule has 0 bridgehead atoms. The SMILES string of the molecule is Cc1cc(-n2nc3c(c2Br)[C@H](C)NCC3)cc(C)c1F.Cl. The first-order valence-corrected chi connectivity index (χ1v) is 7.56. The molecule has 1 aromatic carbocycles. The van der Waals surface area contributed by atoms with Crippen molar-refractivity contribution in [1.82, 2.24) is 15.1 Å². The number of hydrogen-bond acceptors (Lipinski definition) is 2. The minimum Gasteiger partial charge on any atom is -0.310 e. The highest BCUT2D eigenvalue weighted by Crippen LogP contribution is 2.32. The molecule has 0 spiro atoms. The van der Waals surface area contributed by atoms with Crippen molar-refractivity contribution in [3.63, 3.8) is 0 Å². The summed E-state index contributed by atoms with van der Waals surface area (Å²) < 4.78 is 16.6. The van der Waals surface area contributed by atoms with Crippen LogP contribution in [0.2, 0.25) is 0 Å². The van der Waals surface area contributed by atoms with Gasteiger partial charge in [-0.15, -0.1) is 12.4 Å². The van der Waals surface area contributed by atoms with Crippen LogP contribution in [0.4, 0.5) is 4.39 Å². The zero-order valence-corrected chi connectivity index (χ0v) is 14.6. The molecule has 21 heavy (non-hydrogen) atoms. The van der Waals surface area contributed by atoms with E-state index < -0.39 is 0 Å². The van der Waals surface area contributed by atoms with E-state index in [0.717, 1.165) is 29.0 Å². The molecule has 1 atom stereocenters. The van der Waals surface area contributed by atoms with E-state index in [0.29, 0.717) is 11.1 Å². The van der Waals surface area contributed by atoms with E-state index in [4.69, 9.17) is 5.10 Å². The maximum atomic E-state index is 13.8. The Kier molecular flexibility index (Phi) is 4.76. The molecular weight excluding hydrogens is 357 g/mol. The fourth-order valence-corrected chi connectivity index (χ4v) is 3.65. The van der Waals surface area contributed by atoms with Crippen LogP contribution in [-0.2, 0) is 6.42 Å². The lowest BCUT2D eigenvalue weighted by Gasteiger charge is -2.19. The molecule has 0 saturated carbocycles. The quantitative estimate of drug-likeness (QED) is 0.817. The molecule has 1 aliphatic rings. The van der Waals surface area contributed by atoms with Crippen molar-refractivity contribution < 1.29 is 4.39 Å². The average molecular weight is 375 g/mol. The molecule has 1 aromatic heterocycles. The number of aryl methyl sites for hydroxylation is 2. The fraction of sp³-hybridized carbons (Fsp3) is 0.400. The highest BCUT2D eigenvalue weighted by molar-refractivity contribution is 9.10. The number of nitrogens with zero attached hydrogens (tertiary/aromatic N) is 2. The van der Waals surface area contributed by atoms with E-state index in [9.17, 15) is 4.39 Å². The highest BCUT2D eigenvalue weighted by Gasteiger charge is 2.25. The maximum absolute atomic E-state index is 13.8. The Morgan fingerprint density at radius 1 is 1.33 bits per heavy atom. The van der Waals surface area contributed by atoms with Crippen LogP contribution in [0.3, 0.4) is 0 Å². The molecule has 3 nitrogen and oxygen atoms in total. The summed E-state index contributed by atoms with van der Waals surface area (Å²) in [5.74, 6) is -0.142. The summed E-state index contributed by atoms with van der Waals surface area (Å²) in [6.07, 6.45) is 0.921. The summed E-state index contributed by atoms with van der Waals surface area (Å²) in [5, 5.41) is 8.12. The Hall–Kier alpha value is -0.910. The van der Waals surface area contributed by atoms with Gasteiger partial charge in [0, 0.05) is 24.6 Å². The van der Waals surface area contributed by atoms with Crippen molar-refractivity contribution in [2.45, 2.75) is 33.2 Å². The van der Waals surface area contributed by atoms with Gasteiger partial charge in [0.2, 0.25) is 0 Å². The average Bonchev–Trinajstić information content (AvgIpc) is 2.74. The lowest BCUT2D eigenvalue weighted by Crippen LogP contribution is -2.27. The van der Waals surface area contributed by atoms with Gasteiger partial charge in [0.05, 0.1) is 11.4 Å². The van der Waals surface area contributed by atoms with E-state index in [1.165, 1.54) is 5.56 Å². The van der Waals surface area contributed by atoms with Crippen LogP contribution in [0.25, 0.3) is 5.69 Å². The van der Waals surface area contributed by atoms with Gasteiger partial charge in [-0.05, 0) is 60.0 Å². The summed E-state index contributed by atoms with van der Waals surface area (Å²) in [5.41, 5.74) is 4.51. The molecule has 1 N–H and O–H groups in total. The second-order valence-corrected chi connectivity index (χ2v) is 6.13. The van der Waals surface area contributed by atoms with Crippen molar-refractivity contribution in [2.24, 2.45) is 0 Å². The standard InChI is InChI=1S/C15H17BrFN3.ClH/c1-8-6-11(7-9(2)14(8)17)20-15(16)13-10(3)18-5-4-12(13)19-20;/h6-7,10,18H,4-5H2,1-3H3;1H/t10-;/m0./s1. The zero-order chi connectivity index (χ0) is 14.4. The second-order valence-electron chi connectivity index (χ2n) is 5.38. The molecule has 2 heterocycles. The van der Waals surface area contributed by atoms with Crippen LogP contribution < -0.4 is 5.32 Å². The largest absolute Gasteiger partial charge is 0.310 e. The van der Waals surface area contributed by atoms with Gasteiger partial charge in [-0.1, -0.05) is 0 Å². The predicted molar refractivity (Wildman–Crippen MR) is 88.1 cm³/mol. The van der Waals surface area contributed by atoms with Gasteiger partial charge in [0.25, 0.3) is 0 Å². The highest BCUT2D eigenvalue weighted by atomic mass is 79.9. The van der Waals surface area contributed by atoms with Gasteiger partial charge in [-0.25, -0.2) is 9.07 Å². The number of aromatic nitrogens is 2. The summed E-state index contributed by atoms with van der Waals surface area (Å²) in [6.45, 7) is 6.65. The van der Waals surface area contributed by atoms with Crippen molar-refractivity contribution >= 4 is 28.3 Å². The van der Waals surface area contributed by atoms with Gasteiger partial charge >= 0.3 is 0 Å². The maximum Gasteiger partial charge on any atom is 0.129 e. The monoisotopic (exact) mass is 373 g/mol. The molecule has 0 aliphatic carbocycles. The number of nitrogens with one attached hydrogen (secondary N) is 1. The number of benzene rings is 1. The van der Waals surface area contributed by atoms with E-state index >= 15 is 0 Å². The Bertz CT molecular complexity index is 661. The molecule has 0 saturated heterocycles. The van der Waals surface area contributed by atoms with Crippen molar-refractivity contribution in [2.75, 3.05) is 6.54 Å². The third kappa shape index (κ3) is 2.74. The van der Waals surface area contributed by atoms with E-state index in [1.54, 1.807) is 13.8 Å². The summed E-state index contributed by atoms with van der Waals surface area (Å²) in [6, 6.07) is 3.96. The first-order valence-electron chi connectivity index (χ1n) is 6.77. The third-order valence-electron chi connectivity index (χ3n) is 3.85. The van der Waals surface area contributed by atoms with Crippen LogP contribution in [0.5, 0.6) is 0 Å². The molecule has 114 valence electrons. The smallest absolute Gasteiger partial charge is 0.129 e. The van der Waals surface area contributed by atoms with Crippen LogP contribution in [0.1, 0.15) is 35.3 Å². The number of halogens is 3. The first-order chi connectivity index (χ1) is 9.49. The van der Waals surface area contributed by atoms with E-state index in [2.05, 4.69) is 28.2 Å². The minimum atomic E-state index is -0.142. The van der Waals surface area contributed by atoms with Crippen LogP contribution in [0, 0.1) is 19.7 Å². The van der Waals surface area contributed by atoms with Crippen LogP contribution in [-0.4, -0.2) is 16.3 Å². The summed E-state index contributed by atoms with van der Waals surface area (Å²) in [4.78, 5) is 0. The summed E-state index contributed by atoms with van der Waals surface area (Å²) >= 11 is 3.65. The zero-order valence-electron chi connectivity index (χ0n) is 12.2. The Balaban J connectivity index is 0.00000161. The van der Waals surface area contributed by atoms with Gasteiger partial charge in [-0.2, -0.15) is 5.10 Å². The number of rotatable bonds is 1. The molecule has 1 aliphatic heterocycles. The van der Waals surface area contributed by atoms with Gasteiger partial charge in [0.15, 0.2) is 0 Å². The first kappa shape index (κ1) is 16.5. The Morgan fingerprint density at radius 2 is 1.95 bits per heavy atom. The third-order valence-corrected chi connectivity index (χ3v) is 4.61. The molecule has 0 unspecified atom stereocenters. The molecule has 2 aromatic rings. The van der Waals surface area contributed by atoms with Crippen LogP contribution >= 0.6 is 28.3 Å². The molecule has 3 rings (SSSR count). The number of fused-ring (bicyclic) bond motifs is 1. The van der Waals surface area contributed by atoms with Gasteiger partial charge in [-0.3, -0.25) is 0 Å². The predicted octanol–water partition coefficient (Wildman–Crippen LogP) is 4.02. The van der Waals surface area contributed by atoms with Crippen molar-refractivity contribution in [1.29, 1.82) is 0 Å². The minimum absolute atomic E-state index is 0. The molecule has 6 heteroatoms. The summed E-state index contributed by atoms with van der Waals surface area (Å²) in [7, 11) is 0. The molecule has 0 radical (unpaired) electrons.